The summed E-state index contributed by atoms with van der Waals surface area (Å²) in [7, 11) is 1.37. The molecule has 2 amide bonds. The molecule has 11 heteroatoms. The molecular formula is C36H58N2O9. The molecule has 266 valence electrons. The van der Waals surface area contributed by atoms with Crippen molar-refractivity contribution in [2.75, 3.05) is 13.7 Å². The van der Waals surface area contributed by atoms with Crippen LogP contribution in [0.1, 0.15) is 107 Å². The van der Waals surface area contributed by atoms with Gasteiger partial charge in [0, 0.05) is 24.7 Å². The van der Waals surface area contributed by atoms with Crippen molar-refractivity contribution in [2.45, 2.75) is 131 Å². The lowest BCUT2D eigenvalue weighted by Gasteiger charge is -2.64. The molecule has 0 heterocycles. The first kappa shape index (κ1) is 37.1. The fourth-order valence-corrected chi connectivity index (χ4v) is 10.3. The molecule has 47 heavy (non-hydrogen) atoms. The Bertz CT molecular complexity index is 1220. The second kappa shape index (κ2) is 14.0. The molecule has 12 atom stereocenters. The minimum atomic E-state index is -1.33. The van der Waals surface area contributed by atoms with Crippen LogP contribution < -0.4 is 10.6 Å². The summed E-state index contributed by atoms with van der Waals surface area (Å²) in [5, 5.41) is 15.7. The summed E-state index contributed by atoms with van der Waals surface area (Å²) >= 11 is 0. The summed E-state index contributed by atoms with van der Waals surface area (Å²) in [5.74, 6) is -1.28. The van der Waals surface area contributed by atoms with Crippen molar-refractivity contribution in [1.29, 1.82) is 0 Å². The number of nitrogens with one attached hydrogen (secondary N) is 2. The van der Waals surface area contributed by atoms with Crippen LogP contribution in [0.2, 0.25) is 0 Å². The molecule has 0 spiro atoms. The van der Waals surface area contributed by atoms with Gasteiger partial charge in [0.05, 0.1) is 19.8 Å². The molecular weight excluding hydrogens is 604 g/mol. The van der Waals surface area contributed by atoms with E-state index in [2.05, 4.69) is 31.4 Å². The summed E-state index contributed by atoms with van der Waals surface area (Å²) in [6.45, 7) is 14.4. The average Bonchev–Trinajstić information content (AvgIpc) is 3.33. The zero-order valence-electron chi connectivity index (χ0n) is 29.9. The lowest BCUT2D eigenvalue weighted by atomic mass is 9.41. The molecule has 11 nitrogen and oxygen atoms in total. The lowest BCUT2D eigenvalue weighted by Crippen LogP contribution is -2.71. The molecule has 0 radical (unpaired) electrons. The number of hydrogen-bond acceptors (Lipinski definition) is 9. The Labute approximate surface area is 280 Å². The van der Waals surface area contributed by atoms with Crippen LogP contribution in [0.3, 0.4) is 0 Å². The van der Waals surface area contributed by atoms with E-state index < -0.39 is 47.8 Å². The number of amides is 2. The van der Waals surface area contributed by atoms with Gasteiger partial charge in [0.1, 0.15) is 17.7 Å². The Kier molecular flexibility index (Phi) is 11.1. The highest BCUT2D eigenvalue weighted by atomic mass is 16.6. The van der Waals surface area contributed by atoms with Gasteiger partial charge in [-0.05, 0) is 100 Å². The third-order valence-electron chi connectivity index (χ3n) is 12.4. The number of methoxy groups -OCH3 is 1. The number of alkyl carbamates (subject to hydrolysis) is 1. The normalized spacial score (nSPS) is 37.7. The molecule has 0 aromatic carbocycles. The van der Waals surface area contributed by atoms with Gasteiger partial charge in [-0.1, -0.05) is 34.1 Å². The summed E-state index contributed by atoms with van der Waals surface area (Å²) in [4.78, 5) is 66.4. The highest BCUT2D eigenvalue weighted by molar-refractivity contribution is 5.96. The Balaban J connectivity index is 1.77. The molecule has 4 aliphatic rings. The van der Waals surface area contributed by atoms with Crippen LogP contribution in [0.4, 0.5) is 4.79 Å². The minimum absolute atomic E-state index is 0.0228. The molecule has 7 unspecified atom stereocenters. The number of fused-ring (bicyclic) bond motifs is 5. The number of carbonyl (C=O) groups excluding carboxylic acids is 5. The van der Waals surface area contributed by atoms with Crippen molar-refractivity contribution in [1.82, 2.24) is 10.6 Å². The summed E-state index contributed by atoms with van der Waals surface area (Å²) in [6.07, 6.45) is 4.66. The molecule has 0 aromatic heterocycles. The van der Waals surface area contributed by atoms with Crippen LogP contribution in [0.15, 0.2) is 0 Å². The predicted molar refractivity (Wildman–Crippen MR) is 174 cm³/mol. The highest BCUT2D eigenvalue weighted by Gasteiger charge is 2.70. The van der Waals surface area contributed by atoms with Crippen LogP contribution in [0.25, 0.3) is 0 Å². The first-order valence-corrected chi connectivity index (χ1v) is 17.6. The van der Waals surface area contributed by atoms with E-state index in [1.54, 1.807) is 20.8 Å². The van der Waals surface area contributed by atoms with E-state index in [1.807, 2.05) is 6.92 Å². The Hall–Kier alpha value is -2.69. The number of aliphatic hydroxyl groups is 1. The zero-order valence-corrected chi connectivity index (χ0v) is 29.9. The number of ether oxygens (including phenoxy) is 3. The predicted octanol–water partition coefficient (Wildman–Crippen LogP) is 4.57. The third kappa shape index (κ3) is 7.35. The fraction of sp³-hybridized carbons (Fsp3) is 0.861. The maximum Gasteiger partial charge on any atom is 0.408 e. The standard InChI is InChI=1S/C36H58N2O9/c1-19-14-15-35(7)22(16-19)17-26(46-21(3)40)28-24-12-11-23(20(2)10-13-27(41)45-9)36(24,8)31(42)30(29(28)35)38-32(43)25(18-39)37-33(44)47-34(4,5)6/h19-20,22-26,28-30,39H,10-18H2,1-9H3,(H,37,44)(H,38,43)/t19-,20-,22+,23?,24?,25?,26?,28?,29?,30?,35+,36-/m1/s1. The van der Waals surface area contributed by atoms with Crippen molar-refractivity contribution in [3.8, 4) is 0 Å². The number of hydrogen-bond donors (Lipinski definition) is 3. The van der Waals surface area contributed by atoms with Gasteiger partial charge in [0.15, 0.2) is 5.78 Å². The Morgan fingerprint density at radius 2 is 1.77 bits per heavy atom. The van der Waals surface area contributed by atoms with Gasteiger partial charge < -0.3 is 30.0 Å². The van der Waals surface area contributed by atoms with Crippen molar-refractivity contribution in [2.24, 2.45) is 52.3 Å². The SMILES string of the molecule is COC(=O)CC[C@@H](C)C1CCC2C3C(OC(C)=O)C[C@@H]4C[C@H](C)CC[C@]4(C)C3C(NC(=O)C(CO)NC(=O)OC(C)(C)C)C(=O)[C@@]21C. The van der Waals surface area contributed by atoms with E-state index in [-0.39, 0.29) is 65.1 Å². The second-order valence-electron chi connectivity index (χ2n) is 16.5. The van der Waals surface area contributed by atoms with E-state index in [9.17, 15) is 24.3 Å². The minimum Gasteiger partial charge on any atom is -0.469 e. The van der Waals surface area contributed by atoms with Gasteiger partial charge in [-0.2, -0.15) is 0 Å². The Morgan fingerprint density at radius 3 is 2.36 bits per heavy atom. The summed E-state index contributed by atoms with van der Waals surface area (Å²) in [5.41, 5.74) is -1.97. The lowest BCUT2D eigenvalue weighted by molar-refractivity contribution is -0.199. The van der Waals surface area contributed by atoms with E-state index in [0.717, 1.165) is 32.1 Å². The third-order valence-corrected chi connectivity index (χ3v) is 12.4. The number of Topliss-reactive ketones (excluding diaryl/α,β-unsaturated/α-hetero) is 1. The van der Waals surface area contributed by atoms with E-state index >= 15 is 4.79 Å². The number of esters is 2. The van der Waals surface area contributed by atoms with E-state index in [0.29, 0.717) is 18.8 Å². The van der Waals surface area contributed by atoms with Crippen LogP contribution in [0, 0.1) is 52.3 Å². The topological polar surface area (TPSA) is 157 Å². The van der Waals surface area contributed by atoms with E-state index in [1.165, 1.54) is 14.0 Å². The highest BCUT2D eigenvalue weighted by Crippen LogP contribution is 2.68. The maximum absolute atomic E-state index is 15.2. The first-order valence-electron chi connectivity index (χ1n) is 17.6. The zero-order chi connectivity index (χ0) is 35.1. The Morgan fingerprint density at radius 1 is 1.09 bits per heavy atom. The van der Waals surface area contributed by atoms with Crippen LogP contribution in [0.5, 0.6) is 0 Å². The summed E-state index contributed by atoms with van der Waals surface area (Å²) < 4.78 is 16.4. The van der Waals surface area contributed by atoms with Crippen molar-refractivity contribution < 1.29 is 43.3 Å². The molecule has 0 aliphatic heterocycles. The fourth-order valence-electron chi connectivity index (χ4n) is 10.3. The number of aliphatic hydroxyl groups excluding tert-OH is 1. The van der Waals surface area contributed by atoms with E-state index in [4.69, 9.17) is 14.2 Å². The molecule has 3 N–H and O–H groups in total. The van der Waals surface area contributed by atoms with Gasteiger partial charge in [-0.15, -0.1) is 0 Å². The van der Waals surface area contributed by atoms with Crippen LogP contribution in [-0.4, -0.2) is 72.3 Å². The number of carbonyl (C=O) groups is 5. The molecule has 4 aliphatic carbocycles. The number of ketones is 1. The van der Waals surface area contributed by atoms with Gasteiger partial charge in [-0.3, -0.25) is 19.2 Å². The molecule has 0 aromatic rings. The van der Waals surface area contributed by atoms with Crippen molar-refractivity contribution in [3.63, 3.8) is 0 Å². The first-order chi connectivity index (χ1) is 21.9. The largest absolute Gasteiger partial charge is 0.469 e. The van der Waals surface area contributed by atoms with Gasteiger partial charge in [-0.25, -0.2) is 4.79 Å². The maximum atomic E-state index is 15.2. The average molecular weight is 663 g/mol. The van der Waals surface area contributed by atoms with Crippen LogP contribution >= 0.6 is 0 Å². The van der Waals surface area contributed by atoms with Gasteiger partial charge in [0.2, 0.25) is 5.91 Å². The molecule has 4 rings (SSSR count). The molecule has 0 saturated heterocycles. The van der Waals surface area contributed by atoms with Crippen molar-refractivity contribution in [3.05, 3.63) is 0 Å². The monoisotopic (exact) mass is 662 g/mol. The molecule has 0 bridgehead atoms. The molecule has 4 fully saturated rings. The smallest absolute Gasteiger partial charge is 0.408 e. The van der Waals surface area contributed by atoms with Gasteiger partial charge >= 0.3 is 18.0 Å². The number of rotatable bonds is 9. The summed E-state index contributed by atoms with van der Waals surface area (Å²) in [6, 6.07) is -2.25. The van der Waals surface area contributed by atoms with Gasteiger partial charge in [0.25, 0.3) is 0 Å². The second-order valence-corrected chi connectivity index (χ2v) is 16.5. The quantitative estimate of drug-likeness (QED) is 0.238. The van der Waals surface area contributed by atoms with Crippen molar-refractivity contribution >= 4 is 29.7 Å². The molecule has 4 saturated carbocycles. The van der Waals surface area contributed by atoms with Crippen LogP contribution in [-0.2, 0) is 33.4 Å².